The van der Waals surface area contributed by atoms with Gasteiger partial charge in [-0.2, -0.15) is 4.68 Å². The molecule has 1 heterocycles. The third-order valence-electron chi connectivity index (χ3n) is 2.97. The molecule has 0 atom stereocenters. The maximum atomic E-state index is 12.1. The fourth-order valence-electron chi connectivity index (χ4n) is 1.92. The van der Waals surface area contributed by atoms with Gasteiger partial charge in [0.2, 0.25) is 11.1 Å². The first-order chi connectivity index (χ1) is 11.6. The number of benzene rings is 2. The van der Waals surface area contributed by atoms with E-state index in [1.54, 1.807) is 42.5 Å². The summed E-state index contributed by atoms with van der Waals surface area (Å²) < 4.78 is 1.53. The highest BCUT2D eigenvalue weighted by Crippen LogP contribution is 2.23. The van der Waals surface area contributed by atoms with Crippen molar-refractivity contribution in [1.29, 1.82) is 0 Å². The summed E-state index contributed by atoms with van der Waals surface area (Å²) in [5.74, 6) is -0.0552. The van der Waals surface area contributed by atoms with Gasteiger partial charge in [0.15, 0.2) is 0 Å². The van der Waals surface area contributed by atoms with E-state index in [2.05, 4.69) is 20.8 Å². The number of nitrogens with one attached hydrogen (secondary N) is 1. The number of carbonyl (C=O) groups excluding carboxylic acids is 1. The zero-order valence-electron chi connectivity index (χ0n) is 12.2. The highest BCUT2D eigenvalue weighted by atomic mass is 35.5. The van der Waals surface area contributed by atoms with Crippen LogP contribution >= 0.6 is 35.0 Å². The van der Waals surface area contributed by atoms with Crippen molar-refractivity contribution >= 4 is 46.6 Å². The normalized spacial score (nSPS) is 10.6. The van der Waals surface area contributed by atoms with Gasteiger partial charge in [0.25, 0.3) is 0 Å². The molecule has 24 heavy (non-hydrogen) atoms. The first-order valence-electron chi connectivity index (χ1n) is 6.85. The van der Waals surface area contributed by atoms with Crippen molar-refractivity contribution in [2.45, 2.75) is 5.16 Å². The zero-order chi connectivity index (χ0) is 16.9. The molecule has 0 fully saturated rings. The highest BCUT2D eigenvalue weighted by molar-refractivity contribution is 7.99. The molecule has 0 saturated heterocycles. The second-order valence-corrected chi connectivity index (χ2v) is 6.46. The standard InChI is InChI=1S/C15H11Cl2N5OS/c16-10-4-3-5-11(8-10)22-15(19-20-21-22)24-9-14(23)18-13-7-2-1-6-12(13)17/h1-8H,9H2,(H,18,23). The summed E-state index contributed by atoms with van der Waals surface area (Å²) in [5, 5.41) is 15.8. The Balaban J connectivity index is 1.67. The van der Waals surface area contributed by atoms with E-state index in [1.807, 2.05) is 6.07 Å². The molecule has 0 spiro atoms. The van der Waals surface area contributed by atoms with Crippen molar-refractivity contribution in [2.75, 3.05) is 11.1 Å². The van der Waals surface area contributed by atoms with Crippen LogP contribution in [0, 0.1) is 0 Å². The quantitative estimate of drug-likeness (QED) is 0.684. The molecule has 0 aliphatic heterocycles. The third-order valence-corrected chi connectivity index (χ3v) is 4.46. The summed E-state index contributed by atoms with van der Waals surface area (Å²) in [5.41, 5.74) is 1.29. The van der Waals surface area contributed by atoms with E-state index in [-0.39, 0.29) is 11.7 Å². The maximum Gasteiger partial charge on any atom is 0.234 e. The lowest BCUT2D eigenvalue weighted by atomic mass is 10.3. The molecule has 3 aromatic rings. The molecule has 0 radical (unpaired) electrons. The van der Waals surface area contributed by atoms with Crippen LogP contribution in [0.25, 0.3) is 5.69 Å². The molecule has 1 aromatic heterocycles. The average Bonchev–Trinajstić information content (AvgIpc) is 3.04. The third kappa shape index (κ3) is 4.05. The lowest BCUT2D eigenvalue weighted by Gasteiger charge is -2.07. The van der Waals surface area contributed by atoms with E-state index in [4.69, 9.17) is 23.2 Å². The van der Waals surface area contributed by atoms with E-state index in [0.717, 1.165) is 5.69 Å². The molecule has 0 aliphatic rings. The number of amides is 1. The number of rotatable bonds is 5. The van der Waals surface area contributed by atoms with Gasteiger partial charge in [-0.15, -0.1) is 5.10 Å². The predicted octanol–water partition coefficient (Wildman–Crippen LogP) is 3.70. The maximum absolute atomic E-state index is 12.1. The van der Waals surface area contributed by atoms with Crippen LogP contribution in [-0.2, 0) is 4.79 Å². The number of carbonyl (C=O) groups is 1. The number of hydrogen-bond acceptors (Lipinski definition) is 5. The van der Waals surface area contributed by atoms with Crippen LogP contribution in [0.2, 0.25) is 10.0 Å². The minimum Gasteiger partial charge on any atom is -0.324 e. The number of tetrazole rings is 1. The summed E-state index contributed by atoms with van der Waals surface area (Å²) in [6, 6.07) is 14.2. The molecule has 9 heteroatoms. The van der Waals surface area contributed by atoms with Crippen LogP contribution in [0.5, 0.6) is 0 Å². The second-order valence-electron chi connectivity index (χ2n) is 4.67. The van der Waals surface area contributed by atoms with Gasteiger partial charge in [-0.05, 0) is 40.8 Å². The van der Waals surface area contributed by atoms with Gasteiger partial charge >= 0.3 is 0 Å². The van der Waals surface area contributed by atoms with E-state index < -0.39 is 0 Å². The van der Waals surface area contributed by atoms with Crippen molar-refractivity contribution in [3.8, 4) is 5.69 Å². The Hall–Kier alpha value is -2.09. The van der Waals surface area contributed by atoms with Gasteiger partial charge in [0.05, 0.1) is 22.2 Å². The molecule has 1 N–H and O–H groups in total. The number of anilines is 1. The average molecular weight is 380 g/mol. The van der Waals surface area contributed by atoms with Crippen molar-refractivity contribution in [3.63, 3.8) is 0 Å². The Morgan fingerprint density at radius 2 is 2.00 bits per heavy atom. The smallest absolute Gasteiger partial charge is 0.234 e. The van der Waals surface area contributed by atoms with Gasteiger partial charge < -0.3 is 5.32 Å². The molecule has 1 amide bonds. The van der Waals surface area contributed by atoms with E-state index in [1.165, 1.54) is 16.4 Å². The molecule has 3 rings (SSSR count). The lowest BCUT2D eigenvalue weighted by Crippen LogP contribution is -2.14. The van der Waals surface area contributed by atoms with Crippen molar-refractivity contribution in [1.82, 2.24) is 20.2 Å². The van der Waals surface area contributed by atoms with Crippen LogP contribution < -0.4 is 5.32 Å². The van der Waals surface area contributed by atoms with Gasteiger partial charge in [0, 0.05) is 5.02 Å². The Morgan fingerprint density at radius 3 is 2.79 bits per heavy atom. The largest absolute Gasteiger partial charge is 0.324 e. The lowest BCUT2D eigenvalue weighted by molar-refractivity contribution is -0.113. The molecule has 0 bridgehead atoms. The number of halogens is 2. The summed E-state index contributed by atoms with van der Waals surface area (Å²) >= 11 is 13.2. The zero-order valence-corrected chi connectivity index (χ0v) is 14.5. The monoisotopic (exact) mass is 379 g/mol. The first-order valence-corrected chi connectivity index (χ1v) is 8.59. The van der Waals surface area contributed by atoms with Crippen molar-refractivity contribution in [3.05, 3.63) is 58.6 Å². The number of hydrogen-bond donors (Lipinski definition) is 1. The van der Waals surface area contributed by atoms with Crippen LogP contribution in [-0.4, -0.2) is 31.9 Å². The van der Waals surface area contributed by atoms with Gasteiger partial charge in [0.1, 0.15) is 0 Å². The van der Waals surface area contributed by atoms with Crippen LogP contribution in [0.3, 0.4) is 0 Å². The molecular weight excluding hydrogens is 369 g/mol. The minimum absolute atomic E-state index is 0.145. The Morgan fingerprint density at radius 1 is 1.17 bits per heavy atom. The van der Waals surface area contributed by atoms with Crippen LogP contribution in [0.1, 0.15) is 0 Å². The van der Waals surface area contributed by atoms with Crippen molar-refractivity contribution < 1.29 is 4.79 Å². The summed E-state index contributed by atoms with van der Waals surface area (Å²) in [6.45, 7) is 0. The van der Waals surface area contributed by atoms with E-state index >= 15 is 0 Å². The second kappa shape index (κ2) is 7.65. The van der Waals surface area contributed by atoms with Crippen LogP contribution in [0.15, 0.2) is 53.7 Å². The van der Waals surface area contributed by atoms with Crippen molar-refractivity contribution in [2.24, 2.45) is 0 Å². The molecular formula is C15H11Cl2N5OS. The Bertz CT molecular complexity index is 870. The van der Waals surface area contributed by atoms with E-state index in [9.17, 15) is 4.79 Å². The number of aromatic nitrogens is 4. The van der Waals surface area contributed by atoms with Gasteiger partial charge in [-0.3, -0.25) is 4.79 Å². The Labute approximate surface area is 152 Å². The topological polar surface area (TPSA) is 72.7 Å². The van der Waals surface area contributed by atoms with Gasteiger partial charge in [-0.25, -0.2) is 0 Å². The fraction of sp³-hybridized carbons (Fsp3) is 0.0667. The predicted molar refractivity (Wildman–Crippen MR) is 95.0 cm³/mol. The first kappa shape index (κ1) is 16.8. The number of nitrogens with zero attached hydrogens (tertiary/aromatic N) is 4. The highest BCUT2D eigenvalue weighted by Gasteiger charge is 2.12. The molecule has 0 saturated carbocycles. The van der Waals surface area contributed by atoms with E-state index in [0.29, 0.717) is 20.9 Å². The van der Waals surface area contributed by atoms with Gasteiger partial charge in [-0.1, -0.05) is 53.2 Å². The molecule has 122 valence electrons. The Kier molecular flexibility index (Phi) is 5.34. The summed E-state index contributed by atoms with van der Waals surface area (Å²) in [4.78, 5) is 12.1. The summed E-state index contributed by atoms with van der Waals surface area (Å²) in [7, 11) is 0. The number of para-hydroxylation sites is 1. The SMILES string of the molecule is O=C(CSc1nnnn1-c1cccc(Cl)c1)Nc1ccccc1Cl. The minimum atomic E-state index is -0.200. The molecule has 6 nitrogen and oxygen atoms in total. The summed E-state index contributed by atoms with van der Waals surface area (Å²) in [6.07, 6.45) is 0. The number of thioether (sulfide) groups is 1. The van der Waals surface area contributed by atoms with Crippen LogP contribution in [0.4, 0.5) is 5.69 Å². The molecule has 2 aromatic carbocycles. The molecule has 0 unspecified atom stereocenters. The fourth-order valence-corrected chi connectivity index (χ4v) is 2.98. The molecule has 0 aliphatic carbocycles.